The van der Waals surface area contributed by atoms with Crippen LogP contribution in [0.5, 0.6) is 0 Å². The Labute approximate surface area is 117 Å². The molecule has 2 fully saturated rings. The molecule has 3 nitrogen and oxygen atoms in total. The van der Waals surface area contributed by atoms with Crippen LogP contribution in [0.3, 0.4) is 0 Å². The van der Waals surface area contributed by atoms with Gasteiger partial charge in [0.1, 0.15) is 0 Å². The fraction of sp³-hybridized carbons (Fsp3) is 0.938. The van der Waals surface area contributed by atoms with E-state index < -0.39 is 5.97 Å². The van der Waals surface area contributed by atoms with Crippen LogP contribution >= 0.6 is 0 Å². The van der Waals surface area contributed by atoms with Gasteiger partial charge in [0, 0.05) is 12.6 Å². The second kappa shape index (κ2) is 5.08. The zero-order chi connectivity index (χ0) is 14.3. The molecule has 19 heavy (non-hydrogen) atoms. The smallest absolute Gasteiger partial charge is 0.317 e. The van der Waals surface area contributed by atoms with Crippen molar-refractivity contribution in [1.29, 1.82) is 0 Å². The molecule has 2 aliphatic carbocycles. The second-order valence-electron chi connectivity index (χ2n) is 8.33. The maximum absolute atomic E-state index is 11.1. The standard InChI is InChI=1S/C16H29NO2/c1-15(2)7-13(8-16(3,4)11-15)17(10-14(18)19)9-12-5-6-12/h12-13H,5-11H2,1-4H3,(H,18,19). The lowest BCUT2D eigenvalue weighted by atomic mass is 9.63. The van der Waals surface area contributed by atoms with Crippen LogP contribution in [-0.2, 0) is 4.79 Å². The Kier molecular flexibility index (Phi) is 3.97. The number of rotatable bonds is 5. The van der Waals surface area contributed by atoms with Crippen molar-refractivity contribution in [3.8, 4) is 0 Å². The summed E-state index contributed by atoms with van der Waals surface area (Å²) in [5, 5.41) is 9.17. The van der Waals surface area contributed by atoms with Gasteiger partial charge < -0.3 is 5.11 Å². The van der Waals surface area contributed by atoms with Gasteiger partial charge in [-0.05, 0) is 48.9 Å². The first-order valence-electron chi connectivity index (χ1n) is 7.63. The molecule has 0 radical (unpaired) electrons. The quantitative estimate of drug-likeness (QED) is 0.830. The van der Waals surface area contributed by atoms with E-state index in [1.54, 1.807) is 0 Å². The van der Waals surface area contributed by atoms with Gasteiger partial charge in [-0.25, -0.2) is 0 Å². The van der Waals surface area contributed by atoms with Crippen LogP contribution in [0.15, 0.2) is 0 Å². The highest BCUT2D eigenvalue weighted by atomic mass is 16.4. The Balaban J connectivity index is 2.07. The molecule has 2 aliphatic rings. The average molecular weight is 267 g/mol. The summed E-state index contributed by atoms with van der Waals surface area (Å²) in [4.78, 5) is 13.4. The van der Waals surface area contributed by atoms with Gasteiger partial charge in [-0.1, -0.05) is 27.7 Å². The predicted octanol–water partition coefficient (Wildman–Crippen LogP) is 3.39. The summed E-state index contributed by atoms with van der Waals surface area (Å²) >= 11 is 0. The largest absolute Gasteiger partial charge is 0.480 e. The minimum absolute atomic E-state index is 0.216. The molecule has 0 amide bonds. The number of hydrogen-bond donors (Lipinski definition) is 1. The van der Waals surface area contributed by atoms with E-state index in [0.717, 1.165) is 25.3 Å². The average Bonchev–Trinajstić information content (AvgIpc) is 2.94. The molecule has 0 aromatic rings. The maximum atomic E-state index is 11.1. The lowest BCUT2D eigenvalue weighted by Gasteiger charge is -2.48. The van der Waals surface area contributed by atoms with Crippen molar-refractivity contribution in [1.82, 2.24) is 4.90 Å². The summed E-state index contributed by atoms with van der Waals surface area (Å²) in [5.41, 5.74) is 0.652. The molecule has 0 atom stereocenters. The molecule has 0 aliphatic heterocycles. The molecule has 0 saturated heterocycles. The predicted molar refractivity (Wildman–Crippen MR) is 77.1 cm³/mol. The van der Waals surface area contributed by atoms with Crippen molar-refractivity contribution in [2.75, 3.05) is 13.1 Å². The van der Waals surface area contributed by atoms with Crippen molar-refractivity contribution in [3.05, 3.63) is 0 Å². The maximum Gasteiger partial charge on any atom is 0.317 e. The third-order valence-electron chi connectivity index (χ3n) is 4.58. The first-order valence-corrected chi connectivity index (χ1v) is 7.63. The normalized spacial score (nSPS) is 26.6. The minimum atomic E-state index is -0.679. The number of carboxylic acids is 1. The third-order valence-corrected chi connectivity index (χ3v) is 4.58. The van der Waals surface area contributed by atoms with Gasteiger partial charge in [-0.3, -0.25) is 9.69 Å². The molecule has 0 aromatic heterocycles. The zero-order valence-electron chi connectivity index (χ0n) is 12.9. The van der Waals surface area contributed by atoms with E-state index in [-0.39, 0.29) is 6.54 Å². The first kappa shape index (κ1) is 14.8. The van der Waals surface area contributed by atoms with E-state index in [4.69, 9.17) is 5.11 Å². The lowest BCUT2D eigenvalue weighted by molar-refractivity contribution is -0.139. The first-order chi connectivity index (χ1) is 8.67. The highest BCUT2D eigenvalue weighted by Crippen LogP contribution is 2.47. The highest BCUT2D eigenvalue weighted by molar-refractivity contribution is 5.69. The van der Waals surface area contributed by atoms with Gasteiger partial charge in [0.05, 0.1) is 6.54 Å². The minimum Gasteiger partial charge on any atom is -0.480 e. The summed E-state index contributed by atoms with van der Waals surface area (Å²) in [5.74, 6) is 0.0781. The molecule has 110 valence electrons. The van der Waals surface area contributed by atoms with E-state index in [9.17, 15) is 4.79 Å². The molecule has 0 spiro atoms. The van der Waals surface area contributed by atoms with E-state index in [2.05, 4.69) is 32.6 Å². The summed E-state index contributed by atoms with van der Waals surface area (Å²) in [7, 11) is 0. The highest BCUT2D eigenvalue weighted by Gasteiger charge is 2.41. The Hall–Kier alpha value is -0.570. The lowest BCUT2D eigenvalue weighted by Crippen LogP contribution is -2.48. The molecule has 2 saturated carbocycles. The van der Waals surface area contributed by atoms with Crippen LogP contribution in [0.4, 0.5) is 0 Å². The van der Waals surface area contributed by atoms with Crippen molar-refractivity contribution >= 4 is 5.97 Å². The van der Waals surface area contributed by atoms with E-state index in [1.165, 1.54) is 19.3 Å². The molecule has 0 bridgehead atoms. The zero-order valence-corrected chi connectivity index (χ0v) is 12.9. The number of carbonyl (C=O) groups is 1. The van der Waals surface area contributed by atoms with Crippen molar-refractivity contribution in [3.63, 3.8) is 0 Å². The van der Waals surface area contributed by atoms with Crippen LogP contribution in [-0.4, -0.2) is 35.1 Å². The SMILES string of the molecule is CC1(C)CC(N(CC(=O)O)CC2CC2)CC(C)(C)C1. The van der Waals surface area contributed by atoms with Gasteiger partial charge in [0.15, 0.2) is 0 Å². The molecular formula is C16H29NO2. The Morgan fingerprint density at radius 3 is 2.11 bits per heavy atom. The Morgan fingerprint density at radius 2 is 1.68 bits per heavy atom. The number of aliphatic carboxylic acids is 1. The van der Waals surface area contributed by atoms with Crippen LogP contribution in [0.2, 0.25) is 0 Å². The van der Waals surface area contributed by atoms with Crippen LogP contribution in [0.25, 0.3) is 0 Å². The molecular weight excluding hydrogens is 238 g/mol. The molecule has 0 unspecified atom stereocenters. The van der Waals surface area contributed by atoms with Gasteiger partial charge >= 0.3 is 5.97 Å². The topological polar surface area (TPSA) is 40.5 Å². The van der Waals surface area contributed by atoms with E-state index >= 15 is 0 Å². The monoisotopic (exact) mass is 267 g/mol. The number of carboxylic acid groups (broad SMARTS) is 1. The molecule has 0 aromatic carbocycles. The summed E-state index contributed by atoms with van der Waals surface area (Å²) in [6.45, 7) is 10.5. The van der Waals surface area contributed by atoms with Crippen LogP contribution < -0.4 is 0 Å². The van der Waals surface area contributed by atoms with E-state index in [0.29, 0.717) is 16.9 Å². The fourth-order valence-corrected chi connectivity index (χ4v) is 4.19. The third kappa shape index (κ3) is 4.48. The number of nitrogens with zero attached hydrogens (tertiary/aromatic N) is 1. The summed E-state index contributed by atoms with van der Waals surface area (Å²) in [6.07, 6.45) is 6.08. The molecule has 2 rings (SSSR count). The number of hydrogen-bond acceptors (Lipinski definition) is 2. The molecule has 1 N–H and O–H groups in total. The van der Waals surface area contributed by atoms with Gasteiger partial charge in [-0.15, -0.1) is 0 Å². The van der Waals surface area contributed by atoms with Crippen molar-refractivity contribution in [2.45, 2.75) is 65.8 Å². The van der Waals surface area contributed by atoms with Gasteiger partial charge in [0.2, 0.25) is 0 Å². The summed E-state index contributed by atoms with van der Waals surface area (Å²) in [6, 6.07) is 0.440. The van der Waals surface area contributed by atoms with Gasteiger partial charge in [-0.2, -0.15) is 0 Å². The van der Waals surface area contributed by atoms with Gasteiger partial charge in [0.25, 0.3) is 0 Å². The van der Waals surface area contributed by atoms with Crippen molar-refractivity contribution in [2.24, 2.45) is 16.7 Å². The Bertz CT molecular complexity index is 329. The molecule has 0 heterocycles. The molecule has 3 heteroatoms. The Morgan fingerprint density at radius 1 is 1.16 bits per heavy atom. The van der Waals surface area contributed by atoms with Crippen LogP contribution in [0.1, 0.15) is 59.8 Å². The summed E-state index contributed by atoms with van der Waals surface area (Å²) < 4.78 is 0. The van der Waals surface area contributed by atoms with Crippen LogP contribution in [0, 0.1) is 16.7 Å². The second-order valence-corrected chi connectivity index (χ2v) is 8.33. The van der Waals surface area contributed by atoms with Crippen molar-refractivity contribution < 1.29 is 9.90 Å². The fourth-order valence-electron chi connectivity index (χ4n) is 4.19. The van der Waals surface area contributed by atoms with E-state index in [1.807, 2.05) is 0 Å².